The van der Waals surface area contributed by atoms with Crippen LogP contribution in [-0.2, 0) is 20.0 Å². The summed E-state index contributed by atoms with van der Waals surface area (Å²) >= 11 is 0. The lowest BCUT2D eigenvalue weighted by atomic mass is 10.3. The first-order valence-electron chi connectivity index (χ1n) is 7.27. The van der Waals surface area contributed by atoms with Crippen LogP contribution in [0, 0.1) is 11.6 Å². The molecule has 1 saturated carbocycles. The van der Waals surface area contributed by atoms with Gasteiger partial charge in [-0.3, -0.25) is 4.72 Å². The molecule has 3 rings (SSSR count). The number of nitrogens with one attached hydrogen (secondary N) is 2. The minimum absolute atomic E-state index is 0.0386. The normalized spacial score (nSPS) is 15.1. The summed E-state index contributed by atoms with van der Waals surface area (Å²) < 4.78 is 79.9. The average Bonchev–Trinajstić information content (AvgIpc) is 3.29. The van der Waals surface area contributed by atoms with E-state index in [-0.39, 0.29) is 16.6 Å². The molecule has 0 unspecified atom stereocenters. The van der Waals surface area contributed by atoms with Gasteiger partial charge in [-0.1, -0.05) is 6.07 Å². The fourth-order valence-corrected chi connectivity index (χ4v) is 4.55. The van der Waals surface area contributed by atoms with Crippen LogP contribution < -0.4 is 9.44 Å². The molecular weight excluding hydrogens is 374 g/mol. The van der Waals surface area contributed by atoms with Crippen molar-refractivity contribution in [2.75, 3.05) is 4.72 Å². The van der Waals surface area contributed by atoms with Gasteiger partial charge in [-0.15, -0.1) is 0 Å². The Morgan fingerprint density at radius 1 is 0.840 bits per heavy atom. The lowest BCUT2D eigenvalue weighted by Gasteiger charge is -2.11. The van der Waals surface area contributed by atoms with E-state index in [0.29, 0.717) is 18.2 Å². The van der Waals surface area contributed by atoms with Crippen molar-refractivity contribution >= 4 is 25.7 Å². The Hall–Kier alpha value is -2.04. The molecule has 0 aliphatic heterocycles. The van der Waals surface area contributed by atoms with Crippen molar-refractivity contribution in [2.24, 2.45) is 0 Å². The van der Waals surface area contributed by atoms with Crippen LogP contribution >= 0.6 is 0 Å². The SMILES string of the molecule is O=S(=O)(Nc1cccc(S(=O)(=O)NC2CC2)c1)c1cc(F)cc(F)c1. The summed E-state index contributed by atoms with van der Waals surface area (Å²) in [5, 5.41) is 0. The molecule has 10 heteroatoms. The minimum Gasteiger partial charge on any atom is -0.280 e. The molecule has 2 aromatic rings. The predicted molar refractivity (Wildman–Crippen MR) is 87.0 cm³/mol. The van der Waals surface area contributed by atoms with E-state index >= 15 is 0 Å². The third-order valence-corrected chi connectivity index (χ3v) is 6.32. The van der Waals surface area contributed by atoms with E-state index in [9.17, 15) is 25.6 Å². The van der Waals surface area contributed by atoms with Gasteiger partial charge in [-0.05, 0) is 43.2 Å². The van der Waals surface area contributed by atoms with Crippen molar-refractivity contribution in [3.05, 3.63) is 54.1 Å². The minimum atomic E-state index is -4.28. The molecule has 0 aromatic heterocycles. The second kappa shape index (κ2) is 6.36. The van der Waals surface area contributed by atoms with Gasteiger partial charge in [-0.25, -0.2) is 30.3 Å². The quantitative estimate of drug-likeness (QED) is 0.794. The van der Waals surface area contributed by atoms with Crippen molar-refractivity contribution in [3.63, 3.8) is 0 Å². The topological polar surface area (TPSA) is 92.3 Å². The van der Waals surface area contributed by atoms with Crippen LogP contribution in [0.15, 0.2) is 52.3 Å². The molecule has 0 spiro atoms. The molecule has 1 fully saturated rings. The fraction of sp³-hybridized carbons (Fsp3) is 0.200. The summed E-state index contributed by atoms with van der Waals surface area (Å²) in [5.41, 5.74) is -0.0386. The molecule has 25 heavy (non-hydrogen) atoms. The second-order valence-electron chi connectivity index (χ2n) is 5.63. The smallest absolute Gasteiger partial charge is 0.262 e. The molecular formula is C15H14F2N2O4S2. The first kappa shape index (κ1) is 17.8. The fourth-order valence-electron chi connectivity index (χ4n) is 2.11. The van der Waals surface area contributed by atoms with Gasteiger partial charge in [0, 0.05) is 12.1 Å². The largest absolute Gasteiger partial charge is 0.280 e. The molecule has 0 saturated heterocycles. The second-order valence-corrected chi connectivity index (χ2v) is 9.03. The molecule has 6 nitrogen and oxygen atoms in total. The van der Waals surface area contributed by atoms with E-state index < -0.39 is 36.6 Å². The first-order valence-corrected chi connectivity index (χ1v) is 10.2. The molecule has 0 radical (unpaired) electrons. The van der Waals surface area contributed by atoms with Gasteiger partial charge in [0.15, 0.2) is 0 Å². The van der Waals surface area contributed by atoms with Crippen molar-refractivity contribution < 1.29 is 25.6 Å². The highest BCUT2D eigenvalue weighted by molar-refractivity contribution is 7.92. The zero-order valence-corrected chi connectivity index (χ0v) is 14.4. The molecule has 0 atom stereocenters. The third-order valence-electron chi connectivity index (χ3n) is 3.44. The highest BCUT2D eigenvalue weighted by atomic mass is 32.2. The van der Waals surface area contributed by atoms with Gasteiger partial charge in [0.05, 0.1) is 15.5 Å². The lowest BCUT2D eigenvalue weighted by Crippen LogP contribution is -2.25. The zero-order chi connectivity index (χ0) is 18.2. The maximum atomic E-state index is 13.2. The van der Waals surface area contributed by atoms with Crippen molar-refractivity contribution in [1.82, 2.24) is 4.72 Å². The summed E-state index contributed by atoms with van der Waals surface area (Å²) in [4.78, 5) is -0.709. The van der Waals surface area contributed by atoms with Gasteiger partial charge >= 0.3 is 0 Å². The number of hydrogen-bond donors (Lipinski definition) is 2. The van der Waals surface area contributed by atoms with Crippen molar-refractivity contribution in [2.45, 2.75) is 28.7 Å². The zero-order valence-electron chi connectivity index (χ0n) is 12.7. The van der Waals surface area contributed by atoms with Crippen LogP contribution in [0.25, 0.3) is 0 Å². The molecule has 0 bridgehead atoms. The van der Waals surface area contributed by atoms with Gasteiger partial charge in [0.2, 0.25) is 10.0 Å². The van der Waals surface area contributed by atoms with Crippen molar-refractivity contribution in [1.29, 1.82) is 0 Å². The number of halogens is 2. The van der Waals surface area contributed by atoms with Crippen LogP contribution in [0.5, 0.6) is 0 Å². The molecule has 0 amide bonds. The Labute approximate surface area is 144 Å². The highest BCUT2D eigenvalue weighted by Gasteiger charge is 2.28. The van der Waals surface area contributed by atoms with Crippen LogP contribution in [0.3, 0.4) is 0 Å². The number of benzene rings is 2. The maximum Gasteiger partial charge on any atom is 0.262 e. The molecule has 2 N–H and O–H groups in total. The Bertz CT molecular complexity index is 999. The number of hydrogen-bond acceptors (Lipinski definition) is 4. The number of rotatable bonds is 6. The van der Waals surface area contributed by atoms with Crippen LogP contribution in [0.2, 0.25) is 0 Å². The van der Waals surface area contributed by atoms with Crippen molar-refractivity contribution in [3.8, 4) is 0 Å². The van der Waals surface area contributed by atoms with E-state index in [1.165, 1.54) is 18.2 Å². The van der Waals surface area contributed by atoms with Crippen LogP contribution in [0.1, 0.15) is 12.8 Å². The van der Waals surface area contributed by atoms with E-state index in [0.717, 1.165) is 18.9 Å². The molecule has 0 heterocycles. The summed E-state index contributed by atoms with van der Waals surface area (Å²) in [6, 6.07) is 6.95. The number of anilines is 1. The van der Waals surface area contributed by atoms with E-state index in [4.69, 9.17) is 0 Å². The molecule has 1 aliphatic rings. The Kier molecular flexibility index (Phi) is 4.52. The first-order chi connectivity index (χ1) is 11.7. The molecule has 134 valence electrons. The van der Waals surface area contributed by atoms with E-state index in [1.807, 2.05) is 0 Å². The Morgan fingerprint density at radius 2 is 1.48 bits per heavy atom. The molecule has 2 aromatic carbocycles. The highest BCUT2D eigenvalue weighted by Crippen LogP contribution is 2.24. The third kappa shape index (κ3) is 4.33. The summed E-state index contributed by atoms with van der Waals surface area (Å²) in [6.45, 7) is 0. The average molecular weight is 388 g/mol. The van der Waals surface area contributed by atoms with Crippen LogP contribution in [0.4, 0.5) is 14.5 Å². The van der Waals surface area contributed by atoms with E-state index in [2.05, 4.69) is 9.44 Å². The van der Waals surface area contributed by atoms with Crippen LogP contribution in [-0.4, -0.2) is 22.9 Å². The summed E-state index contributed by atoms with van der Waals surface area (Å²) in [6.07, 6.45) is 1.52. The van der Waals surface area contributed by atoms with Gasteiger partial charge < -0.3 is 0 Å². The predicted octanol–water partition coefficient (Wildman–Crippen LogP) is 2.21. The monoisotopic (exact) mass is 388 g/mol. The molecule has 1 aliphatic carbocycles. The summed E-state index contributed by atoms with van der Waals surface area (Å²) in [7, 11) is -8.03. The Morgan fingerprint density at radius 3 is 2.08 bits per heavy atom. The Balaban J connectivity index is 1.88. The standard InChI is InChI=1S/C15H14F2N2O4S2/c16-10-6-11(17)8-15(7-10)25(22,23)19-13-2-1-3-14(9-13)24(20,21)18-12-4-5-12/h1-3,6-9,12,18-19H,4-5H2. The lowest BCUT2D eigenvalue weighted by molar-refractivity contribution is 0.568. The number of sulfonamides is 2. The summed E-state index contributed by atoms with van der Waals surface area (Å²) in [5.74, 6) is -2.07. The van der Waals surface area contributed by atoms with Gasteiger partial charge in [0.25, 0.3) is 10.0 Å². The van der Waals surface area contributed by atoms with Gasteiger partial charge in [-0.2, -0.15) is 0 Å². The van der Waals surface area contributed by atoms with Gasteiger partial charge in [0.1, 0.15) is 11.6 Å². The maximum absolute atomic E-state index is 13.2. The van der Waals surface area contributed by atoms with E-state index in [1.54, 1.807) is 0 Å².